The molecule has 2 amide bonds. The first kappa shape index (κ1) is 41.1. The van der Waals surface area contributed by atoms with E-state index in [9.17, 15) is 40.4 Å². The minimum Gasteiger partial charge on any atom is -0.482 e. The van der Waals surface area contributed by atoms with Crippen LogP contribution in [0.5, 0.6) is 5.75 Å². The van der Waals surface area contributed by atoms with Crippen molar-refractivity contribution >= 4 is 50.8 Å². The fraction of sp³-hybridized carbons (Fsp3) is 0.270. The third-order valence-electron chi connectivity index (χ3n) is 8.32. The SMILES string of the molecule is CC(C(=O)Nc1ccc(-c2ccc3nc(N(C(=O)OCOC(=O)[C@@H](N)C(C)C)c4ccc(S(C)(=O)=O)cc4OCC(F)(F)F)nn3c2)cc1)c1ccc(F)cc1. The van der Waals surface area contributed by atoms with Crippen LogP contribution in [-0.2, 0) is 28.9 Å². The summed E-state index contributed by atoms with van der Waals surface area (Å²) in [6, 6.07) is 17.4. The van der Waals surface area contributed by atoms with Gasteiger partial charge in [-0.15, -0.1) is 5.10 Å². The molecule has 56 heavy (non-hydrogen) atoms. The number of rotatable bonds is 13. The van der Waals surface area contributed by atoms with Gasteiger partial charge < -0.3 is 25.3 Å². The number of pyridine rings is 1. The number of aromatic nitrogens is 3. The predicted octanol–water partition coefficient (Wildman–Crippen LogP) is 6.38. The summed E-state index contributed by atoms with van der Waals surface area (Å²) >= 11 is 0. The van der Waals surface area contributed by atoms with Crippen LogP contribution >= 0.6 is 0 Å². The number of anilines is 3. The van der Waals surface area contributed by atoms with Crippen LogP contribution in [0.4, 0.5) is 39.7 Å². The maximum atomic E-state index is 13.6. The van der Waals surface area contributed by atoms with E-state index in [-0.39, 0.29) is 17.5 Å². The second-order valence-electron chi connectivity index (χ2n) is 12.9. The lowest BCUT2D eigenvalue weighted by atomic mass is 10.00. The first-order chi connectivity index (χ1) is 26.3. The molecule has 2 aromatic heterocycles. The number of sulfone groups is 1. The molecule has 0 saturated carbocycles. The second kappa shape index (κ2) is 16.7. The minimum absolute atomic E-state index is 0.167. The summed E-state index contributed by atoms with van der Waals surface area (Å²) in [5.74, 6) is -3.60. The number of carbonyl (C=O) groups excluding carboxylic acids is 3. The van der Waals surface area contributed by atoms with Crippen molar-refractivity contribution in [3.05, 3.63) is 96.4 Å². The summed E-state index contributed by atoms with van der Waals surface area (Å²) in [5.41, 5.74) is 7.92. The Labute approximate surface area is 318 Å². The summed E-state index contributed by atoms with van der Waals surface area (Å²) in [7, 11) is -3.96. The number of benzene rings is 3. The summed E-state index contributed by atoms with van der Waals surface area (Å²) < 4.78 is 94.1. The summed E-state index contributed by atoms with van der Waals surface area (Å²) in [6.45, 7) is 2.22. The van der Waals surface area contributed by atoms with Gasteiger partial charge in [-0.1, -0.05) is 38.1 Å². The third-order valence-corrected chi connectivity index (χ3v) is 9.43. The third kappa shape index (κ3) is 10.2. The van der Waals surface area contributed by atoms with E-state index in [0.29, 0.717) is 27.3 Å². The number of carbonyl (C=O) groups is 3. The summed E-state index contributed by atoms with van der Waals surface area (Å²) in [5, 5.41) is 7.17. The largest absolute Gasteiger partial charge is 0.482 e. The van der Waals surface area contributed by atoms with Crippen molar-refractivity contribution in [2.24, 2.45) is 11.7 Å². The highest BCUT2D eigenvalue weighted by molar-refractivity contribution is 7.90. The maximum Gasteiger partial charge on any atom is 0.424 e. The Balaban J connectivity index is 1.45. The highest BCUT2D eigenvalue weighted by Crippen LogP contribution is 2.37. The highest BCUT2D eigenvalue weighted by Gasteiger charge is 2.33. The second-order valence-corrected chi connectivity index (χ2v) is 14.9. The zero-order valence-corrected chi connectivity index (χ0v) is 31.1. The van der Waals surface area contributed by atoms with Gasteiger partial charge in [-0.2, -0.15) is 18.2 Å². The fourth-order valence-electron chi connectivity index (χ4n) is 5.08. The van der Waals surface area contributed by atoms with Gasteiger partial charge in [-0.3, -0.25) is 9.59 Å². The molecule has 0 bridgehead atoms. The van der Waals surface area contributed by atoms with Crippen LogP contribution in [0.15, 0.2) is 90.0 Å². The lowest BCUT2D eigenvalue weighted by Crippen LogP contribution is -2.38. The van der Waals surface area contributed by atoms with Crippen LogP contribution in [0.3, 0.4) is 0 Å². The van der Waals surface area contributed by atoms with Gasteiger partial charge in [0, 0.05) is 29.8 Å². The molecule has 0 saturated heterocycles. The normalized spacial score (nSPS) is 12.9. The van der Waals surface area contributed by atoms with Gasteiger partial charge in [0.05, 0.1) is 16.5 Å². The number of ether oxygens (including phenoxy) is 3. The first-order valence-corrected chi connectivity index (χ1v) is 18.7. The molecular weight excluding hydrogens is 765 g/mol. The molecule has 19 heteroatoms. The van der Waals surface area contributed by atoms with E-state index in [1.165, 1.54) is 34.8 Å². The number of halogens is 4. The van der Waals surface area contributed by atoms with Gasteiger partial charge in [-0.05, 0) is 72.5 Å². The van der Waals surface area contributed by atoms with Crippen LogP contribution in [0.1, 0.15) is 32.3 Å². The average Bonchev–Trinajstić information content (AvgIpc) is 3.56. The number of nitrogens with zero attached hydrogens (tertiary/aromatic N) is 4. The zero-order valence-electron chi connectivity index (χ0n) is 30.3. The van der Waals surface area contributed by atoms with Gasteiger partial charge in [0.1, 0.15) is 17.6 Å². The smallest absolute Gasteiger partial charge is 0.424 e. The molecule has 0 aliphatic carbocycles. The van der Waals surface area contributed by atoms with Crippen LogP contribution in [0, 0.1) is 11.7 Å². The monoisotopic (exact) mass is 800 g/mol. The van der Waals surface area contributed by atoms with Crippen LogP contribution in [0.25, 0.3) is 16.8 Å². The summed E-state index contributed by atoms with van der Waals surface area (Å²) in [4.78, 5) is 43.3. The van der Waals surface area contributed by atoms with Gasteiger partial charge in [0.15, 0.2) is 22.1 Å². The quantitative estimate of drug-likeness (QED) is 0.0765. The van der Waals surface area contributed by atoms with E-state index in [4.69, 9.17) is 19.9 Å². The van der Waals surface area contributed by atoms with Gasteiger partial charge in [-0.25, -0.2) is 27.0 Å². The van der Waals surface area contributed by atoms with Gasteiger partial charge in [0.2, 0.25) is 12.7 Å². The molecule has 0 spiro atoms. The average molecular weight is 801 g/mol. The van der Waals surface area contributed by atoms with Crippen molar-refractivity contribution in [1.82, 2.24) is 14.6 Å². The number of esters is 1. The number of hydrogen-bond acceptors (Lipinski definition) is 11. The molecule has 296 valence electrons. The van der Waals surface area contributed by atoms with E-state index in [1.54, 1.807) is 57.3 Å². The Kier molecular flexibility index (Phi) is 12.3. The first-order valence-electron chi connectivity index (χ1n) is 16.8. The fourth-order valence-corrected chi connectivity index (χ4v) is 5.72. The lowest BCUT2D eigenvalue weighted by Gasteiger charge is -2.22. The molecule has 3 aromatic carbocycles. The Morgan fingerprint density at radius 1 is 0.929 bits per heavy atom. The number of alkyl halides is 3. The Morgan fingerprint density at radius 3 is 2.21 bits per heavy atom. The van der Waals surface area contributed by atoms with Crippen molar-refractivity contribution in [3.8, 4) is 16.9 Å². The van der Waals surface area contributed by atoms with E-state index in [0.717, 1.165) is 24.5 Å². The van der Waals surface area contributed by atoms with E-state index < -0.39 is 81.5 Å². The Bertz CT molecular complexity index is 2340. The van der Waals surface area contributed by atoms with Gasteiger partial charge >= 0.3 is 18.2 Å². The topological polar surface area (TPSA) is 185 Å². The molecule has 0 fully saturated rings. The van der Waals surface area contributed by atoms with E-state index in [1.807, 2.05) is 0 Å². The van der Waals surface area contributed by atoms with Crippen molar-refractivity contribution in [2.45, 2.75) is 43.8 Å². The van der Waals surface area contributed by atoms with E-state index in [2.05, 4.69) is 15.4 Å². The maximum absolute atomic E-state index is 13.6. The molecule has 0 aliphatic rings. The molecule has 1 unspecified atom stereocenters. The van der Waals surface area contributed by atoms with Crippen molar-refractivity contribution < 1.29 is 54.6 Å². The molecule has 2 atom stereocenters. The molecule has 0 aliphatic heterocycles. The number of amides is 2. The lowest BCUT2D eigenvalue weighted by molar-refractivity contribution is -0.154. The molecule has 14 nitrogen and oxygen atoms in total. The molecular formula is C37H36F4N6O8S. The van der Waals surface area contributed by atoms with Crippen LogP contribution in [-0.4, -0.2) is 72.9 Å². The summed E-state index contributed by atoms with van der Waals surface area (Å²) in [6.07, 6.45) is -3.80. The zero-order chi connectivity index (χ0) is 40.9. The van der Waals surface area contributed by atoms with Gasteiger partial charge in [0.25, 0.3) is 5.95 Å². The molecule has 5 aromatic rings. The number of fused-ring (bicyclic) bond motifs is 1. The molecule has 3 N–H and O–H groups in total. The van der Waals surface area contributed by atoms with Crippen molar-refractivity contribution in [2.75, 3.05) is 29.9 Å². The standard InChI is InChI=1S/C37H36F4N6O8S/c1-21(2)32(42)34(49)54-20-55-36(50)47(29-15-14-28(56(4,51)52)17-30(29)53-19-37(39,40)41)35-44-31-16-9-25(18-46(31)45-35)24-7-12-27(13-8-24)43-33(48)22(3)23-5-10-26(38)11-6-23/h5-18,21-22,32H,19-20,42H2,1-4H3,(H,43,48)/t22?,32-/m0/s1. The predicted molar refractivity (Wildman–Crippen MR) is 195 cm³/mol. The highest BCUT2D eigenvalue weighted by atomic mass is 32.2. The van der Waals surface area contributed by atoms with E-state index >= 15 is 0 Å². The number of nitrogens with two attached hydrogens (primary N) is 1. The molecule has 0 radical (unpaired) electrons. The van der Waals surface area contributed by atoms with Crippen molar-refractivity contribution in [3.63, 3.8) is 0 Å². The van der Waals surface area contributed by atoms with Crippen LogP contribution < -0.4 is 20.7 Å². The number of nitrogens with one attached hydrogen (secondary N) is 1. The van der Waals surface area contributed by atoms with Crippen molar-refractivity contribution in [1.29, 1.82) is 0 Å². The molecule has 5 rings (SSSR count). The Morgan fingerprint density at radius 2 is 1.59 bits per heavy atom. The number of hydrogen-bond donors (Lipinski definition) is 2. The molecule has 2 heterocycles. The Hall–Kier alpha value is -6.08. The minimum atomic E-state index is -4.85. The van der Waals surface area contributed by atoms with Crippen LogP contribution in [0.2, 0.25) is 0 Å².